The van der Waals surface area contributed by atoms with Gasteiger partial charge in [0, 0.05) is 26.1 Å². The molecule has 3 amide bonds. The van der Waals surface area contributed by atoms with Crippen LogP contribution < -0.4 is 0 Å². The molecule has 2 rings (SSSR count). The van der Waals surface area contributed by atoms with Gasteiger partial charge in [-0.15, -0.1) is 0 Å². The van der Waals surface area contributed by atoms with E-state index in [0.717, 1.165) is 30.6 Å². The van der Waals surface area contributed by atoms with E-state index >= 15 is 0 Å². The summed E-state index contributed by atoms with van der Waals surface area (Å²) in [6.07, 6.45) is 4.22. The van der Waals surface area contributed by atoms with Gasteiger partial charge in [0.05, 0.1) is 24.7 Å². The van der Waals surface area contributed by atoms with E-state index < -0.39 is 0 Å². The number of unbranched alkanes of at least 4 members (excludes halogenated alkanes) is 3. The average Bonchev–Trinajstić information content (AvgIpc) is 2.95. The number of esters is 1. The molecule has 7 heteroatoms. The number of hydrogen-bond acceptors (Lipinski definition) is 5. The Hall–Kier alpha value is -2.70. The van der Waals surface area contributed by atoms with Crippen LogP contribution in [0.25, 0.3) is 0 Å². The van der Waals surface area contributed by atoms with Crippen LogP contribution in [0.5, 0.6) is 0 Å². The monoisotopic (exact) mass is 388 g/mol. The molecule has 1 aliphatic rings. The van der Waals surface area contributed by atoms with Gasteiger partial charge in [0.2, 0.25) is 5.91 Å². The topological polar surface area (TPSA) is 84.0 Å². The van der Waals surface area contributed by atoms with Crippen LogP contribution in [0.3, 0.4) is 0 Å². The number of ether oxygens (including phenoxy) is 1. The Bertz CT molecular complexity index is 696. The van der Waals surface area contributed by atoms with Gasteiger partial charge in [-0.05, 0) is 18.6 Å². The van der Waals surface area contributed by atoms with Crippen molar-refractivity contribution in [3.05, 3.63) is 35.4 Å². The molecule has 0 bridgehead atoms. The highest BCUT2D eigenvalue weighted by atomic mass is 16.5. The molecule has 0 aliphatic carbocycles. The Morgan fingerprint density at radius 1 is 0.964 bits per heavy atom. The minimum atomic E-state index is -0.369. The number of carbonyl (C=O) groups excluding carboxylic acids is 4. The van der Waals surface area contributed by atoms with E-state index in [0.29, 0.717) is 17.7 Å². The number of methoxy groups -OCH3 is 1. The predicted octanol–water partition coefficient (Wildman–Crippen LogP) is 2.64. The molecule has 0 saturated heterocycles. The summed E-state index contributed by atoms with van der Waals surface area (Å²) in [5.74, 6) is -1.27. The zero-order valence-corrected chi connectivity index (χ0v) is 16.6. The molecular weight excluding hydrogens is 360 g/mol. The molecule has 0 fully saturated rings. The van der Waals surface area contributed by atoms with Crippen molar-refractivity contribution in [2.45, 2.75) is 45.4 Å². The minimum Gasteiger partial charge on any atom is -0.469 e. The Morgan fingerprint density at radius 3 is 2.18 bits per heavy atom. The van der Waals surface area contributed by atoms with Crippen molar-refractivity contribution in [1.82, 2.24) is 9.80 Å². The summed E-state index contributed by atoms with van der Waals surface area (Å²) >= 11 is 0. The van der Waals surface area contributed by atoms with Gasteiger partial charge in [-0.2, -0.15) is 0 Å². The van der Waals surface area contributed by atoms with E-state index in [1.807, 2.05) is 0 Å². The summed E-state index contributed by atoms with van der Waals surface area (Å²) in [4.78, 5) is 51.7. The fraction of sp³-hybridized carbons (Fsp3) is 0.524. The Kier molecular flexibility index (Phi) is 8.17. The van der Waals surface area contributed by atoms with Gasteiger partial charge < -0.3 is 9.64 Å². The molecule has 1 heterocycles. The van der Waals surface area contributed by atoms with E-state index in [1.165, 1.54) is 7.11 Å². The number of hydrogen-bond donors (Lipinski definition) is 0. The van der Waals surface area contributed by atoms with E-state index in [1.54, 1.807) is 29.2 Å². The van der Waals surface area contributed by atoms with Crippen LogP contribution in [0.2, 0.25) is 0 Å². The molecule has 0 atom stereocenters. The van der Waals surface area contributed by atoms with Gasteiger partial charge in [0.1, 0.15) is 0 Å². The highest BCUT2D eigenvalue weighted by Gasteiger charge is 2.35. The zero-order valence-electron chi connectivity index (χ0n) is 16.6. The summed E-state index contributed by atoms with van der Waals surface area (Å²) < 4.78 is 4.65. The van der Waals surface area contributed by atoms with Crippen molar-refractivity contribution in [2.24, 2.45) is 0 Å². The second kappa shape index (κ2) is 10.6. The summed E-state index contributed by atoms with van der Waals surface area (Å²) in [5.41, 5.74) is 0.754. The Morgan fingerprint density at radius 2 is 1.61 bits per heavy atom. The van der Waals surface area contributed by atoms with Crippen molar-refractivity contribution < 1.29 is 23.9 Å². The SMILES string of the molecule is CCCCCCN(CCC(=O)OC)C(=O)CCN1C(=O)c2ccccc2C1=O. The zero-order chi connectivity index (χ0) is 20.5. The second-order valence-electron chi connectivity index (χ2n) is 6.83. The lowest BCUT2D eigenvalue weighted by atomic mass is 10.1. The minimum absolute atomic E-state index is 0.0366. The van der Waals surface area contributed by atoms with E-state index in [2.05, 4.69) is 11.7 Å². The van der Waals surface area contributed by atoms with Gasteiger partial charge in [-0.25, -0.2) is 0 Å². The van der Waals surface area contributed by atoms with Crippen LogP contribution in [-0.2, 0) is 14.3 Å². The smallest absolute Gasteiger partial charge is 0.307 e. The lowest BCUT2D eigenvalue weighted by Crippen LogP contribution is -2.38. The molecule has 0 unspecified atom stereocenters. The van der Waals surface area contributed by atoms with Crippen LogP contribution in [0.4, 0.5) is 0 Å². The molecule has 1 aromatic rings. The van der Waals surface area contributed by atoms with Gasteiger partial charge in [0.25, 0.3) is 11.8 Å². The van der Waals surface area contributed by atoms with E-state index in [9.17, 15) is 19.2 Å². The number of imide groups is 1. The van der Waals surface area contributed by atoms with Gasteiger partial charge in [-0.3, -0.25) is 24.1 Å². The molecular formula is C21H28N2O5. The molecule has 152 valence electrons. The molecule has 0 aromatic heterocycles. The third-order valence-electron chi connectivity index (χ3n) is 4.88. The summed E-state index contributed by atoms with van der Waals surface area (Å²) in [6.45, 7) is 2.98. The molecule has 28 heavy (non-hydrogen) atoms. The molecule has 0 spiro atoms. The van der Waals surface area contributed by atoms with Crippen molar-refractivity contribution in [2.75, 3.05) is 26.7 Å². The fourth-order valence-corrected chi connectivity index (χ4v) is 3.23. The summed E-state index contributed by atoms with van der Waals surface area (Å²) in [5, 5.41) is 0. The molecule has 0 saturated carbocycles. The van der Waals surface area contributed by atoms with Gasteiger partial charge >= 0.3 is 5.97 Å². The van der Waals surface area contributed by atoms with Crippen LogP contribution in [-0.4, -0.2) is 60.2 Å². The lowest BCUT2D eigenvalue weighted by molar-refractivity contribution is -0.141. The summed E-state index contributed by atoms with van der Waals surface area (Å²) in [7, 11) is 1.32. The number of fused-ring (bicyclic) bond motifs is 1. The van der Waals surface area contributed by atoms with Crippen molar-refractivity contribution in [3.8, 4) is 0 Å². The third kappa shape index (κ3) is 5.41. The number of amides is 3. The lowest BCUT2D eigenvalue weighted by Gasteiger charge is -2.23. The molecule has 0 N–H and O–H groups in total. The van der Waals surface area contributed by atoms with Crippen LogP contribution in [0.1, 0.15) is 66.2 Å². The molecule has 7 nitrogen and oxygen atoms in total. The first kappa shape index (κ1) is 21.6. The normalized spacial score (nSPS) is 12.9. The molecule has 0 radical (unpaired) electrons. The van der Waals surface area contributed by atoms with Crippen LogP contribution in [0, 0.1) is 0 Å². The van der Waals surface area contributed by atoms with E-state index in [-0.39, 0.29) is 49.6 Å². The number of carbonyl (C=O) groups is 4. The van der Waals surface area contributed by atoms with Crippen molar-refractivity contribution in [1.29, 1.82) is 0 Å². The predicted molar refractivity (Wildman–Crippen MR) is 104 cm³/mol. The third-order valence-corrected chi connectivity index (χ3v) is 4.88. The van der Waals surface area contributed by atoms with Crippen molar-refractivity contribution >= 4 is 23.7 Å². The number of nitrogens with zero attached hydrogens (tertiary/aromatic N) is 2. The largest absolute Gasteiger partial charge is 0.469 e. The van der Waals surface area contributed by atoms with Gasteiger partial charge in [-0.1, -0.05) is 38.3 Å². The molecule has 1 aliphatic heterocycles. The Labute approximate surface area is 165 Å². The second-order valence-corrected chi connectivity index (χ2v) is 6.83. The Balaban J connectivity index is 1.93. The number of benzene rings is 1. The average molecular weight is 388 g/mol. The molecule has 1 aromatic carbocycles. The summed E-state index contributed by atoms with van der Waals surface area (Å²) in [6, 6.07) is 6.66. The van der Waals surface area contributed by atoms with Crippen molar-refractivity contribution in [3.63, 3.8) is 0 Å². The quantitative estimate of drug-likeness (QED) is 0.331. The highest BCUT2D eigenvalue weighted by molar-refractivity contribution is 6.21. The van der Waals surface area contributed by atoms with E-state index in [4.69, 9.17) is 0 Å². The van der Waals surface area contributed by atoms with Crippen LogP contribution >= 0.6 is 0 Å². The van der Waals surface area contributed by atoms with Crippen LogP contribution in [0.15, 0.2) is 24.3 Å². The first-order valence-electron chi connectivity index (χ1n) is 9.79. The van der Waals surface area contributed by atoms with Gasteiger partial charge in [0.15, 0.2) is 0 Å². The maximum Gasteiger partial charge on any atom is 0.307 e. The first-order chi connectivity index (χ1) is 13.5. The maximum absolute atomic E-state index is 12.7. The first-order valence-corrected chi connectivity index (χ1v) is 9.79. The standard InChI is InChI=1S/C21H28N2O5/c1-3-4-5-8-13-22(14-12-19(25)28-2)18(24)11-15-23-20(26)16-9-6-7-10-17(16)21(23)27/h6-7,9-10H,3-5,8,11-15H2,1-2H3. The maximum atomic E-state index is 12.7. The fourth-order valence-electron chi connectivity index (χ4n) is 3.23. The number of rotatable bonds is 11. The highest BCUT2D eigenvalue weighted by Crippen LogP contribution is 2.22.